The molecular formula is C19H22FN3O3. The molecule has 2 aliphatic rings. The molecule has 3 N–H and O–H groups in total. The summed E-state index contributed by atoms with van der Waals surface area (Å²) in [5.74, 6) is -1.39. The van der Waals surface area contributed by atoms with E-state index in [4.69, 9.17) is 5.73 Å². The van der Waals surface area contributed by atoms with Crippen LogP contribution >= 0.6 is 0 Å². The highest BCUT2D eigenvalue weighted by Crippen LogP contribution is 2.39. The molecule has 0 radical (unpaired) electrons. The number of carbonyl (C=O) groups is 1. The van der Waals surface area contributed by atoms with Gasteiger partial charge < -0.3 is 20.3 Å². The van der Waals surface area contributed by atoms with E-state index >= 15 is 4.39 Å². The van der Waals surface area contributed by atoms with Crippen molar-refractivity contribution in [3.63, 3.8) is 0 Å². The first-order valence-corrected chi connectivity index (χ1v) is 9.01. The molecule has 7 heteroatoms. The molecule has 0 amide bonds. The van der Waals surface area contributed by atoms with Gasteiger partial charge in [-0.3, -0.25) is 4.79 Å². The number of anilines is 1. The van der Waals surface area contributed by atoms with Gasteiger partial charge in [-0.2, -0.15) is 0 Å². The molecule has 1 fully saturated rings. The van der Waals surface area contributed by atoms with Crippen LogP contribution in [0.2, 0.25) is 0 Å². The summed E-state index contributed by atoms with van der Waals surface area (Å²) in [5.41, 5.74) is 6.87. The monoisotopic (exact) mass is 359 g/mol. The third-order valence-electron chi connectivity index (χ3n) is 5.79. The van der Waals surface area contributed by atoms with Crippen LogP contribution in [0.4, 0.5) is 10.1 Å². The second-order valence-electron chi connectivity index (χ2n) is 7.39. The maximum Gasteiger partial charge on any atom is 0.341 e. The van der Waals surface area contributed by atoms with Gasteiger partial charge >= 0.3 is 5.97 Å². The fraction of sp³-hybridized carbons (Fsp3) is 0.474. The largest absolute Gasteiger partial charge is 0.477 e. The van der Waals surface area contributed by atoms with Gasteiger partial charge in [0.15, 0.2) is 0 Å². The maximum atomic E-state index is 15.0. The Bertz CT molecular complexity index is 969. The third-order valence-corrected chi connectivity index (χ3v) is 5.79. The first-order valence-electron chi connectivity index (χ1n) is 9.01. The molecule has 138 valence electrons. The topological polar surface area (TPSA) is 88.6 Å². The molecule has 26 heavy (non-hydrogen) atoms. The summed E-state index contributed by atoms with van der Waals surface area (Å²) < 4.78 is 16.9. The lowest BCUT2D eigenvalue weighted by molar-refractivity contribution is 0.0694. The SMILES string of the molecule is CC1CCc2c(N3CCC(CN)C3)c(F)cc3c(=O)c(C(=O)O)cn1c23. The van der Waals surface area contributed by atoms with E-state index in [-0.39, 0.29) is 17.0 Å². The van der Waals surface area contributed by atoms with Crippen LogP contribution in [-0.4, -0.2) is 35.3 Å². The van der Waals surface area contributed by atoms with Crippen molar-refractivity contribution in [1.29, 1.82) is 0 Å². The minimum atomic E-state index is -1.28. The predicted molar refractivity (Wildman–Crippen MR) is 97.5 cm³/mol. The van der Waals surface area contributed by atoms with Gasteiger partial charge in [-0.25, -0.2) is 9.18 Å². The van der Waals surface area contributed by atoms with Crippen LogP contribution in [0.15, 0.2) is 17.1 Å². The van der Waals surface area contributed by atoms with Crippen molar-refractivity contribution in [3.8, 4) is 0 Å². The van der Waals surface area contributed by atoms with E-state index in [0.717, 1.165) is 24.9 Å². The molecule has 3 heterocycles. The lowest BCUT2D eigenvalue weighted by atomic mass is 9.93. The smallest absolute Gasteiger partial charge is 0.341 e. The standard InChI is InChI=1S/C19H22FN3O3/c1-10-2-3-12-16-13(18(24)14(19(25)26)9-23(10)16)6-15(20)17(12)22-5-4-11(7-21)8-22/h6,9-11H,2-5,7-8,21H2,1H3,(H,25,26). The zero-order valence-corrected chi connectivity index (χ0v) is 14.7. The number of benzene rings is 1. The molecule has 2 unspecified atom stereocenters. The van der Waals surface area contributed by atoms with Gasteiger partial charge in [0, 0.05) is 36.3 Å². The van der Waals surface area contributed by atoms with Crippen LogP contribution < -0.4 is 16.1 Å². The van der Waals surface area contributed by atoms with Gasteiger partial charge in [-0.05, 0) is 44.7 Å². The first kappa shape index (κ1) is 17.0. The van der Waals surface area contributed by atoms with E-state index in [2.05, 4.69) is 0 Å². The highest BCUT2D eigenvalue weighted by atomic mass is 19.1. The fourth-order valence-corrected chi connectivity index (χ4v) is 4.36. The van der Waals surface area contributed by atoms with Crippen LogP contribution in [0.1, 0.15) is 41.7 Å². The quantitative estimate of drug-likeness (QED) is 0.876. The zero-order chi connectivity index (χ0) is 18.6. The summed E-state index contributed by atoms with van der Waals surface area (Å²) in [5, 5.41) is 9.50. The molecular weight excluding hydrogens is 337 g/mol. The normalized spacial score (nSPS) is 22.2. The van der Waals surface area contributed by atoms with Crippen LogP contribution in [0, 0.1) is 11.7 Å². The Labute approximate surface area is 150 Å². The molecule has 4 rings (SSSR count). The zero-order valence-electron chi connectivity index (χ0n) is 14.7. The molecule has 1 aromatic carbocycles. The Balaban J connectivity index is 2.01. The summed E-state index contributed by atoms with van der Waals surface area (Å²) in [7, 11) is 0. The summed E-state index contributed by atoms with van der Waals surface area (Å²) in [4.78, 5) is 26.1. The molecule has 0 bridgehead atoms. The highest BCUT2D eigenvalue weighted by molar-refractivity contribution is 5.95. The van der Waals surface area contributed by atoms with E-state index < -0.39 is 17.2 Å². The van der Waals surface area contributed by atoms with Gasteiger partial charge in [0.25, 0.3) is 0 Å². The van der Waals surface area contributed by atoms with Crippen molar-refractivity contribution in [2.75, 3.05) is 24.5 Å². The van der Waals surface area contributed by atoms with Gasteiger partial charge in [-0.15, -0.1) is 0 Å². The number of hydrogen-bond donors (Lipinski definition) is 2. The van der Waals surface area contributed by atoms with Crippen molar-refractivity contribution < 1.29 is 14.3 Å². The number of nitrogens with zero attached hydrogens (tertiary/aromatic N) is 2. The fourth-order valence-electron chi connectivity index (χ4n) is 4.36. The molecule has 6 nitrogen and oxygen atoms in total. The Morgan fingerprint density at radius 1 is 1.42 bits per heavy atom. The number of rotatable bonds is 3. The molecule has 2 aromatic rings. The number of carboxylic acids is 1. The molecule has 0 spiro atoms. The van der Waals surface area contributed by atoms with E-state index in [1.807, 2.05) is 16.4 Å². The highest BCUT2D eigenvalue weighted by Gasteiger charge is 2.31. The van der Waals surface area contributed by atoms with Gasteiger partial charge in [0.05, 0.1) is 11.2 Å². The van der Waals surface area contributed by atoms with Crippen molar-refractivity contribution in [2.24, 2.45) is 11.7 Å². The molecule has 0 saturated carbocycles. The predicted octanol–water partition coefficient (Wildman–Crippen LogP) is 2.13. The van der Waals surface area contributed by atoms with E-state index in [1.165, 1.54) is 12.3 Å². The Hall–Kier alpha value is -2.41. The molecule has 2 aliphatic heterocycles. The second kappa shape index (κ2) is 6.09. The average Bonchev–Trinajstić information content (AvgIpc) is 3.07. The number of carboxylic acid groups (broad SMARTS) is 1. The Morgan fingerprint density at radius 3 is 2.85 bits per heavy atom. The minimum Gasteiger partial charge on any atom is -0.477 e. The van der Waals surface area contributed by atoms with Crippen molar-refractivity contribution in [1.82, 2.24) is 4.57 Å². The van der Waals surface area contributed by atoms with Crippen molar-refractivity contribution >= 4 is 22.6 Å². The third kappa shape index (κ3) is 2.41. The van der Waals surface area contributed by atoms with Gasteiger partial charge in [0.1, 0.15) is 11.4 Å². The number of pyridine rings is 1. The maximum absolute atomic E-state index is 15.0. The summed E-state index contributed by atoms with van der Waals surface area (Å²) in [6, 6.07) is 1.27. The van der Waals surface area contributed by atoms with Crippen LogP contribution in [0.25, 0.3) is 10.9 Å². The molecule has 2 atom stereocenters. The number of halogens is 1. The molecule has 0 aliphatic carbocycles. The van der Waals surface area contributed by atoms with E-state index in [9.17, 15) is 14.7 Å². The van der Waals surface area contributed by atoms with Crippen molar-refractivity contribution in [2.45, 2.75) is 32.2 Å². The molecule has 1 aromatic heterocycles. The lowest BCUT2D eigenvalue weighted by Gasteiger charge is -2.31. The number of aromatic carboxylic acids is 1. The first-order chi connectivity index (χ1) is 12.4. The van der Waals surface area contributed by atoms with Crippen LogP contribution in [-0.2, 0) is 6.42 Å². The van der Waals surface area contributed by atoms with E-state index in [1.54, 1.807) is 0 Å². The lowest BCUT2D eigenvalue weighted by Crippen LogP contribution is -2.28. The van der Waals surface area contributed by atoms with Gasteiger partial charge in [-0.1, -0.05) is 0 Å². The Morgan fingerprint density at radius 2 is 2.19 bits per heavy atom. The number of nitrogens with two attached hydrogens (primary N) is 1. The average molecular weight is 359 g/mol. The second-order valence-corrected chi connectivity index (χ2v) is 7.39. The molecule has 1 saturated heterocycles. The number of aromatic nitrogens is 1. The van der Waals surface area contributed by atoms with Crippen LogP contribution in [0.5, 0.6) is 0 Å². The van der Waals surface area contributed by atoms with Crippen LogP contribution in [0.3, 0.4) is 0 Å². The van der Waals surface area contributed by atoms with Crippen molar-refractivity contribution in [3.05, 3.63) is 39.4 Å². The minimum absolute atomic E-state index is 0.0531. The van der Waals surface area contributed by atoms with E-state index in [0.29, 0.717) is 36.6 Å². The summed E-state index contributed by atoms with van der Waals surface area (Å²) >= 11 is 0. The number of hydrogen-bond acceptors (Lipinski definition) is 4. The Kier molecular flexibility index (Phi) is 3.99. The van der Waals surface area contributed by atoms with Gasteiger partial charge in [0.2, 0.25) is 5.43 Å². The summed E-state index contributed by atoms with van der Waals surface area (Å²) in [6.45, 7) is 4.01. The number of aryl methyl sites for hydroxylation is 1. The summed E-state index contributed by atoms with van der Waals surface area (Å²) in [6.07, 6.45) is 3.78.